The third-order valence-corrected chi connectivity index (χ3v) is 4.26. The van der Waals surface area contributed by atoms with Crippen LogP contribution in [-0.2, 0) is 0 Å². The Hall–Kier alpha value is -1.73. The highest BCUT2D eigenvalue weighted by atomic mass is 35.5. The Morgan fingerprint density at radius 3 is 2.32 bits per heavy atom. The van der Waals surface area contributed by atoms with E-state index in [2.05, 4.69) is 11.2 Å². The number of hydrazone groups is 1. The summed E-state index contributed by atoms with van der Waals surface area (Å²) in [7, 11) is 0. The molecule has 0 saturated carbocycles. The van der Waals surface area contributed by atoms with Crippen molar-refractivity contribution in [3.8, 4) is 6.07 Å². The van der Waals surface area contributed by atoms with Gasteiger partial charge in [-0.15, -0.1) is 0 Å². The number of hydrogen-bond donors (Lipinski definition) is 0. The maximum Gasteiger partial charge on any atom is 0.110 e. The van der Waals surface area contributed by atoms with Crippen LogP contribution < -0.4 is 5.01 Å². The molecular weight excluding hydrogens is 341 g/mol. The molecule has 3 nitrogen and oxygen atoms in total. The smallest absolute Gasteiger partial charge is 0.110 e. The van der Waals surface area contributed by atoms with Crippen LogP contribution in [-0.4, -0.2) is 6.21 Å². The van der Waals surface area contributed by atoms with Crippen LogP contribution in [0.2, 0.25) is 15.1 Å². The van der Waals surface area contributed by atoms with Gasteiger partial charge in [0.25, 0.3) is 0 Å². The second-order valence-electron chi connectivity index (χ2n) is 4.86. The van der Waals surface area contributed by atoms with Crippen molar-refractivity contribution in [2.45, 2.75) is 6.04 Å². The molecule has 0 saturated heterocycles. The first-order chi connectivity index (χ1) is 10.6. The Morgan fingerprint density at radius 2 is 1.68 bits per heavy atom. The fourth-order valence-corrected chi connectivity index (χ4v) is 3.06. The molecule has 0 fully saturated rings. The first kappa shape index (κ1) is 15.2. The lowest BCUT2D eigenvalue weighted by Crippen LogP contribution is -2.23. The van der Waals surface area contributed by atoms with Gasteiger partial charge in [0.15, 0.2) is 0 Å². The van der Waals surface area contributed by atoms with Crippen molar-refractivity contribution < 1.29 is 0 Å². The summed E-state index contributed by atoms with van der Waals surface area (Å²) < 4.78 is 0. The van der Waals surface area contributed by atoms with Crippen LogP contribution in [0.15, 0.2) is 47.6 Å². The minimum atomic E-state index is -0.368. The van der Waals surface area contributed by atoms with Crippen LogP contribution >= 0.6 is 34.8 Å². The summed E-state index contributed by atoms with van der Waals surface area (Å²) in [6, 6.07) is 14.6. The number of halogens is 3. The monoisotopic (exact) mass is 349 g/mol. The number of nitriles is 1. The molecule has 0 N–H and O–H groups in total. The zero-order chi connectivity index (χ0) is 15.7. The fraction of sp³-hybridized carbons (Fsp3) is 0.125. The molecule has 110 valence electrons. The minimum Gasteiger partial charge on any atom is -0.255 e. The van der Waals surface area contributed by atoms with Crippen molar-refractivity contribution in [3.63, 3.8) is 0 Å². The lowest BCUT2D eigenvalue weighted by molar-refractivity contribution is 0.638. The normalized spacial score (nSPS) is 20.2. The van der Waals surface area contributed by atoms with E-state index in [0.29, 0.717) is 20.8 Å². The molecule has 1 heterocycles. The van der Waals surface area contributed by atoms with Crippen molar-refractivity contribution in [2.24, 2.45) is 11.0 Å². The van der Waals surface area contributed by atoms with Gasteiger partial charge >= 0.3 is 0 Å². The molecule has 1 aliphatic heterocycles. The Balaban J connectivity index is 2.04. The summed E-state index contributed by atoms with van der Waals surface area (Å²) >= 11 is 18.2. The third kappa shape index (κ3) is 2.78. The first-order valence-electron chi connectivity index (χ1n) is 6.53. The molecule has 0 aliphatic carbocycles. The zero-order valence-electron chi connectivity index (χ0n) is 11.2. The Kier molecular flexibility index (Phi) is 4.26. The van der Waals surface area contributed by atoms with E-state index in [0.717, 1.165) is 5.56 Å². The number of rotatable bonds is 2. The molecule has 0 aromatic heterocycles. The topological polar surface area (TPSA) is 39.4 Å². The van der Waals surface area contributed by atoms with Crippen molar-refractivity contribution in [1.82, 2.24) is 0 Å². The van der Waals surface area contributed by atoms with Crippen LogP contribution in [0.25, 0.3) is 0 Å². The van der Waals surface area contributed by atoms with E-state index in [1.54, 1.807) is 41.6 Å². The largest absolute Gasteiger partial charge is 0.255 e. The molecule has 0 bridgehead atoms. The predicted octanol–water partition coefficient (Wildman–Crippen LogP) is 5.33. The van der Waals surface area contributed by atoms with Crippen LogP contribution in [0.1, 0.15) is 11.6 Å². The summed E-state index contributed by atoms with van der Waals surface area (Å²) in [5, 5.41) is 17.2. The van der Waals surface area contributed by atoms with E-state index in [1.165, 1.54) is 0 Å². The zero-order valence-corrected chi connectivity index (χ0v) is 13.5. The molecule has 3 rings (SSSR count). The lowest BCUT2D eigenvalue weighted by Gasteiger charge is -2.26. The molecule has 2 atom stereocenters. The molecule has 0 radical (unpaired) electrons. The minimum absolute atomic E-state index is 0.249. The van der Waals surface area contributed by atoms with Crippen molar-refractivity contribution in [2.75, 3.05) is 5.01 Å². The van der Waals surface area contributed by atoms with Gasteiger partial charge in [0, 0.05) is 16.3 Å². The van der Waals surface area contributed by atoms with E-state index in [1.807, 2.05) is 12.1 Å². The van der Waals surface area contributed by atoms with E-state index >= 15 is 0 Å². The fourth-order valence-electron chi connectivity index (χ4n) is 2.44. The van der Waals surface area contributed by atoms with Crippen molar-refractivity contribution >= 4 is 46.7 Å². The number of benzene rings is 2. The molecule has 2 aromatic carbocycles. The highest BCUT2D eigenvalue weighted by molar-refractivity contribution is 6.36. The van der Waals surface area contributed by atoms with E-state index in [9.17, 15) is 5.26 Å². The van der Waals surface area contributed by atoms with Crippen molar-refractivity contribution in [3.05, 3.63) is 63.1 Å². The highest BCUT2D eigenvalue weighted by Gasteiger charge is 2.34. The van der Waals surface area contributed by atoms with Gasteiger partial charge in [0.2, 0.25) is 0 Å². The molecule has 1 aliphatic rings. The summed E-state index contributed by atoms with van der Waals surface area (Å²) in [6.07, 6.45) is 1.63. The molecule has 22 heavy (non-hydrogen) atoms. The second-order valence-corrected chi connectivity index (χ2v) is 6.14. The standard InChI is InChI=1S/C16H10Cl3N3/c17-12-3-1-10(2-4-12)16-11(8-20)9-21-22(16)15-6-5-13(18)7-14(15)19/h1-7,9,11,16H. The number of nitrogens with zero attached hydrogens (tertiary/aromatic N) is 3. The summed E-state index contributed by atoms with van der Waals surface area (Å²) in [4.78, 5) is 0. The van der Waals surface area contributed by atoms with E-state index < -0.39 is 0 Å². The quantitative estimate of drug-likeness (QED) is 0.734. The molecule has 2 aromatic rings. The van der Waals surface area contributed by atoms with E-state index in [-0.39, 0.29) is 12.0 Å². The van der Waals surface area contributed by atoms with Gasteiger partial charge in [0.1, 0.15) is 5.92 Å². The number of hydrogen-bond acceptors (Lipinski definition) is 3. The Bertz CT molecular complexity index is 765. The SMILES string of the molecule is N#CC1C=NN(c2ccc(Cl)cc2Cl)C1c1ccc(Cl)cc1. The third-order valence-electron chi connectivity index (χ3n) is 3.47. The van der Waals surface area contributed by atoms with Crippen LogP contribution in [0.5, 0.6) is 0 Å². The Morgan fingerprint density at radius 1 is 1.00 bits per heavy atom. The highest BCUT2D eigenvalue weighted by Crippen LogP contribution is 2.40. The lowest BCUT2D eigenvalue weighted by atomic mass is 9.95. The van der Waals surface area contributed by atoms with Gasteiger partial charge in [0.05, 0.1) is 22.8 Å². The molecule has 2 unspecified atom stereocenters. The Labute approximate surface area is 143 Å². The summed E-state index contributed by atoms with van der Waals surface area (Å²) in [5.41, 5.74) is 1.65. The average molecular weight is 351 g/mol. The number of anilines is 1. The van der Waals surface area contributed by atoms with Gasteiger partial charge in [-0.3, -0.25) is 5.01 Å². The van der Waals surface area contributed by atoms with Gasteiger partial charge in [-0.05, 0) is 35.9 Å². The van der Waals surface area contributed by atoms with Crippen LogP contribution in [0, 0.1) is 17.2 Å². The molecule has 0 spiro atoms. The second kappa shape index (κ2) is 6.18. The maximum atomic E-state index is 9.38. The van der Waals surface area contributed by atoms with Gasteiger partial charge in [-0.1, -0.05) is 46.9 Å². The molecule has 6 heteroatoms. The first-order valence-corrected chi connectivity index (χ1v) is 7.67. The summed E-state index contributed by atoms with van der Waals surface area (Å²) in [5.74, 6) is -0.368. The van der Waals surface area contributed by atoms with Crippen LogP contribution in [0.4, 0.5) is 5.69 Å². The van der Waals surface area contributed by atoms with Gasteiger partial charge in [-0.25, -0.2) is 0 Å². The predicted molar refractivity (Wildman–Crippen MR) is 90.7 cm³/mol. The molecular formula is C16H10Cl3N3. The van der Waals surface area contributed by atoms with E-state index in [4.69, 9.17) is 34.8 Å². The van der Waals surface area contributed by atoms with Crippen LogP contribution in [0.3, 0.4) is 0 Å². The summed E-state index contributed by atoms with van der Waals surface area (Å²) in [6.45, 7) is 0. The van der Waals surface area contributed by atoms with Gasteiger partial charge in [-0.2, -0.15) is 10.4 Å². The maximum absolute atomic E-state index is 9.38. The average Bonchev–Trinajstić information content (AvgIpc) is 2.92. The molecule has 0 amide bonds. The van der Waals surface area contributed by atoms with Crippen molar-refractivity contribution in [1.29, 1.82) is 5.26 Å². The van der Waals surface area contributed by atoms with Gasteiger partial charge < -0.3 is 0 Å².